The molecule has 2 rings (SSSR count). The van der Waals surface area contributed by atoms with Crippen LogP contribution in [0.5, 0.6) is 0 Å². The van der Waals surface area contributed by atoms with Gasteiger partial charge in [-0.25, -0.2) is 0 Å². The molecule has 1 aliphatic rings. The fourth-order valence-corrected chi connectivity index (χ4v) is 3.10. The Labute approximate surface area is 134 Å². The van der Waals surface area contributed by atoms with Crippen LogP contribution in [0.25, 0.3) is 5.57 Å². The fraction of sp³-hybridized carbons (Fsp3) is 0.450. The van der Waals surface area contributed by atoms with Crippen LogP contribution in [0.15, 0.2) is 41.0 Å². The van der Waals surface area contributed by atoms with E-state index in [1.54, 1.807) is 6.92 Å². The minimum absolute atomic E-state index is 0.190. The lowest BCUT2D eigenvalue weighted by Crippen LogP contribution is -2.34. The summed E-state index contributed by atoms with van der Waals surface area (Å²) in [6.07, 6.45) is 1.96. The number of carbonyl (C=O) groups excluding carboxylic acids is 1. The summed E-state index contributed by atoms with van der Waals surface area (Å²) < 4.78 is 0. The van der Waals surface area contributed by atoms with Gasteiger partial charge in [-0.1, -0.05) is 35.4 Å². The van der Waals surface area contributed by atoms with Crippen LogP contribution in [0.2, 0.25) is 0 Å². The number of piperidine rings is 1. The normalized spacial score (nSPS) is 14.8. The maximum absolute atomic E-state index is 11.5. The Bertz CT molecular complexity index is 623. The maximum Gasteiger partial charge on any atom is 0.219 e. The van der Waals surface area contributed by atoms with E-state index < -0.39 is 0 Å². The zero-order chi connectivity index (χ0) is 16.3. The van der Waals surface area contributed by atoms with E-state index in [1.165, 1.54) is 33.4 Å². The molecular weight excluding hydrogens is 270 g/mol. The van der Waals surface area contributed by atoms with Crippen LogP contribution in [0.3, 0.4) is 0 Å². The molecule has 0 aliphatic carbocycles. The molecule has 0 atom stereocenters. The third-order valence-corrected chi connectivity index (χ3v) is 4.71. The Kier molecular flexibility index (Phi) is 5.23. The van der Waals surface area contributed by atoms with Crippen LogP contribution in [0.1, 0.15) is 51.7 Å². The zero-order valence-corrected chi connectivity index (χ0v) is 14.5. The molecule has 118 valence electrons. The minimum Gasteiger partial charge on any atom is -0.342 e. The van der Waals surface area contributed by atoms with Crippen LogP contribution >= 0.6 is 0 Å². The van der Waals surface area contributed by atoms with Crippen molar-refractivity contribution in [2.75, 3.05) is 13.1 Å². The van der Waals surface area contributed by atoms with Crippen molar-refractivity contribution in [2.45, 2.75) is 47.5 Å². The van der Waals surface area contributed by atoms with E-state index in [2.05, 4.69) is 52.0 Å². The van der Waals surface area contributed by atoms with Gasteiger partial charge >= 0.3 is 0 Å². The second-order valence-electron chi connectivity index (χ2n) is 6.42. The van der Waals surface area contributed by atoms with Crippen molar-refractivity contribution in [2.24, 2.45) is 0 Å². The molecule has 0 saturated carbocycles. The van der Waals surface area contributed by atoms with E-state index in [1.807, 2.05) is 4.90 Å². The number of likely N-dealkylation sites (tertiary alicyclic amines) is 1. The van der Waals surface area contributed by atoms with Gasteiger partial charge in [0.25, 0.3) is 0 Å². The van der Waals surface area contributed by atoms with Crippen LogP contribution < -0.4 is 0 Å². The molecule has 0 unspecified atom stereocenters. The Hall–Kier alpha value is -1.83. The van der Waals surface area contributed by atoms with E-state index in [-0.39, 0.29) is 5.91 Å². The second-order valence-corrected chi connectivity index (χ2v) is 6.42. The van der Waals surface area contributed by atoms with Gasteiger partial charge in [0.2, 0.25) is 5.91 Å². The first-order valence-corrected chi connectivity index (χ1v) is 8.09. The van der Waals surface area contributed by atoms with E-state index >= 15 is 0 Å². The summed E-state index contributed by atoms with van der Waals surface area (Å²) >= 11 is 0. The summed E-state index contributed by atoms with van der Waals surface area (Å²) in [6.45, 7) is 12.1. The molecule has 2 heteroatoms. The van der Waals surface area contributed by atoms with Crippen molar-refractivity contribution in [3.05, 3.63) is 52.1 Å². The second kappa shape index (κ2) is 6.95. The van der Waals surface area contributed by atoms with Gasteiger partial charge in [0.1, 0.15) is 0 Å². The van der Waals surface area contributed by atoms with E-state index in [0.717, 1.165) is 25.9 Å². The highest BCUT2D eigenvalue weighted by molar-refractivity contribution is 5.83. The highest BCUT2D eigenvalue weighted by Gasteiger charge is 2.21. The molecule has 0 radical (unpaired) electrons. The first-order valence-electron chi connectivity index (χ1n) is 8.09. The Morgan fingerprint density at radius 3 is 2.09 bits per heavy atom. The molecule has 22 heavy (non-hydrogen) atoms. The van der Waals surface area contributed by atoms with Gasteiger partial charge in [0.15, 0.2) is 0 Å². The van der Waals surface area contributed by atoms with E-state index in [9.17, 15) is 4.79 Å². The van der Waals surface area contributed by atoms with Crippen molar-refractivity contribution in [3.63, 3.8) is 0 Å². The summed E-state index contributed by atoms with van der Waals surface area (Å²) in [5.74, 6) is 0.190. The molecule has 1 saturated heterocycles. The van der Waals surface area contributed by atoms with Crippen molar-refractivity contribution < 1.29 is 4.79 Å². The average Bonchev–Trinajstić information content (AvgIpc) is 2.49. The Morgan fingerprint density at radius 2 is 1.59 bits per heavy atom. The number of rotatable bonds is 2. The maximum atomic E-state index is 11.5. The number of nitrogens with zero attached hydrogens (tertiary/aromatic N) is 1. The van der Waals surface area contributed by atoms with Gasteiger partial charge in [-0.2, -0.15) is 0 Å². The van der Waals surface area contributed by atoms with Gasteiger partial charge in [0, 0.05) is 20.0 Å². The fourth-order valence-electron chi connectivity index (χ4n) is 3.10. The molecule has 0 spiro atoms. The third kappa shape index (κ3) is 3.49. The molecule has 2 nitrogen and oxygen atoms in total. The number of hydrogen-bond acceptors (Lipinski definition) is 1. The van der Waals surface area contributed by atoms with Gasteiger partial charge in [-0.3, -0.25) is 4.79 Å². The zero-order valence-electron chi connectivity index (χ0n) is 14.5. The van der Waals surface area contributed by atoms with Crippen molar-refractivity contribution >= 4 is 11.5 Å². The smallest absolute Gasteiger partial charge is 0.219 e. The lowest BCUT2D eigenvalue weighted by Gasteiger charge is -2.30. The van der Waals surface area contributed by atoms with Crippen LogP contribution in [-0.4, -0.2) is 23.9 Å². The largest absolute Gasteiger partial charge is 0.342 e. The molecule has 1 aliphatic heterocycles. The van der Waals surface area contributed by atoms with Gasteiger partial charge in [0.05, 0.1) is 0 Å². The Morgan fingerprint density at radius 1 is 1.00 bits per heavy atom. The van der Waals surface area contributed by atoms with Crippen molar-refractivity contribution in [3.8, 4) is 0 Å². The molecular formula is C20H27NO. The van der Waals surface area contributed by atoms with E-state index in [4.69, 9.17) is 0 Å². The number of amides is 1. The highest BCUT2D eigenvalue weighted by atomic mass is 16.2. The number of aryl methyl sites for hydroxylation is 1. The quantitative estimate of drug-likeness (QED) is 0.771. The topological polar surface area (TPSA) is 20.3 Å². The summed E-state index contributed by atoms with van der Waals surface area (Å²) in [5.41, 5.74) is 8.29. The predicted octanol–water partition coefficient (Wildman–Crippen LogP) is 4.75. The van der Waals surface area contributed by atoms with Gasteiger partial charge in [-0.15, -0.1) is 0 Å². The molecule has 1 heterocycles. The number of allylic oxidation sites excluding steroid dienone is 3. The van der Waals surface area contributed by atoms with Gasteiger partial charge < -0.3 is 4.90 Å². The van der Waals surface area contributed by atoms with E-state index in [0.29, 0.717) is 0 Å². The van der Waals surface area contributed by atoms with Crippen molar-refractivity contribution in [1.82, 2.24) is 4.90 Å². The number of benzene rings is 1. The number of hydrogen-bond donors (Lipinski definition) is 0. The standard InChI is InChI=1S/C20H27NO/c1-14(2)16(4)20(19-9-7-6-8-15(19)3)18-10-12-21(13-11-18)17(5)22/h6-9H,10-13H2,1-5H3. The molecule has 1 aromatic carbocycles. The average molecular weight is 297 g/mol. The van der Waals surface area contributed by atoms with Gasteiger partial charge in [-0.05, 0) is 62.8 Å². The molecule has 1 fully saturated rings. The van der Waals surface area contributed by atoms with Crippen molar-refractivity contribution in [1.29, 1.82) is 0 Å². The predicted molar refractivity (Wildman–Crippen MR) is 93.6 cm³/mol. The summed E-state index contributed by atoms with van der Waals surface area (Å²) in [7, 11) is 0. The Balaban J connectivity index is 2.47. The first-order chi connectivity index (χ1) is 10.4. The molecule has 0 N–H and O–H groups in total. The van der Waals surface area contributed by atoms with Crippen LogP contribution in [0, 0.1) is 6.92 Å². The lowest BCUT2D eigenvalue weighted by molar-refractivity contribution is -0.129. The first kappa shape index (κ1) is 16.5. The number of carbonyl (C=O) groups is 1. The molecule has 1 aromatic rings. The van der Waals surface area contributed by atoms with Crippen LogP contribution in [-0.2, 0) is 4.79 Å². The lowest BCUT2D eigenvalue weighted by atomic mass is 9.85. The molecule has 0 aromatic heterocycles. The molecule has 1 amide bonds. The molecule has 0 bridgehead atoms. The SMILES string of the molecule is CC(=O)N1CCC(=C(C(C)=C(C)C)c2ccccc2C)CC1. The summed E-state index contributed by atoms with van der Waals surface area (Å²) in [4.78, 5) is 13.5. The minimum atomic E-state index is 0.190. The van der Waals surface area contributed by atoms with Crippen LogP contribution in [0.4, 0.5) is 0 Å². The summed E-state index contributed by atoms with van der Waals surface area (Å²) in [6, 6.07) is 8.61. The third-order valence-electron chi connectivity index (χ3n) is 4.71. The highest BCUT2D eigenvalue weighted by Crippen LogP contribution is 2.35. The monoisotopic (exact) mass is 297 g/mol. The summed E-state index contributed by atoms with van der Waals surface area (Å²) in [5, 5.41) is 0.